The van der Waals surface area contributed by atoms with E-state index in [0.717, 1.165) is 6.42 Å². The largest absolute Gasteiger partial charge is 0.477 e. The van der Waals surface area contributed by atoms with Crippen LogP contribution in [0, 0.1) is 0 Å². The number of hydrogen-bond donors (Lipinski definition) is 1. The van der Waals surface area contributed by atoms with Crippen LogP contribution in [0.15, 0.2) is 0 Å². The normalized spacial score (nSPS) is 22.5. The molecule has 3 nitrogen and oxygen atoms in total. The quantitative estimate of drug-likeness (QED) is 0.731. The third-order valence-electron chi connectivity index (χ3n) is 2.55. The molecule has 0 aromatic heterocycles. The van der Waals surface area contributed by atoms with E-state index in [1.807, 2.05) is 13.8 Å². The fourth-order valence-electron chi connectivity index (χ4n) is 1.32. The van der Waals surface area contributed by atoms with Gasteiger partial charge in [-0.3, -0.25) is 4.90 Å². The number of hydrogen-bond acceptors (Lipinski definition) is 2. The predicted molar refractivity (Wildman–Crippen MR) is 42.9 cm³/mol. The maximum Gasteiger partial charge on any atom is 0.375 e. The molecule has 1 aliphatic rings. The van der Waals surface area contributed by atoms with Crippen molar-refractivity contribution >= 4 is 5.97 Å². The minimum Gasteiger partial charge on any atom is -0.477 e. The summed E-state index contributed by atoms with van der Waals surface area (Å²) in [7, 11) is 0. The van der Waals surface area contributed by atoms with Gasteiger partial charge in [0.2, 0.25) is 0 Å². The molecule has 0 radical (unpaired) electrons. The Morgan fingerprint density at radius 3 is 2.38 bits per heavy atom. The number of carbonyl (C=O) groups is 1. The first-order chi connectivity index (χ1) is 5.76. The first kappa shape index (κ1) is 10.4. The summed E-state index contributed by atoms with van der Waals surface area (Å²) < 4.78 is 25.4. The molecule has 1 heterocycles. The highest BCUT2D eigenvalue weighted by molar-refractivity contribution is 5.75. The molecule has 76 valence electrons. The molecule has 1 rings (SSSR count). The highest BCUT2D eigenvalue weighted by Crippen LogP contribution is 2.32. The van der Waals surface area contributed by atoms with Crippen LogP contribution in [0.4, 0.5) is 8.78 Å². The van der Waals surface area contributed by atoms with Gasteiger partial charge in [0.05, 0.1) is 6.54 Å². The van der Waals surface area contributed by atoms with Crippen molar-refractivity contribution < 1.29 is 18.7 Å². The second-order valence-corrected chi connectivity index (χ2v) is 3.99. The molecule has 0 aromatic rings. The van der Waals surface area contributed by atoms with Gasteiger partial charge in [-0.1, -0.05) is 0 Å². The molecule has 0 unspecified atom stereocenters. The molecule has 0 saturated carbocycles. The van der Waals surface area contributed by atoms with Gasteiger partial charge in [0, 0.05) is 12.1 Å². The highest BCUT2D eigenvalue weighted by atomic mass is 19.3. The SMILES string of the molecule is CC1(C)CCN1CC(F)(F)C(=O)O. The van der Waals surface area contributed by atoms with Crippen LogP contribution >= 0.6 is 0 Å². The molecule has 1 aliphatic heterocycles. The molecular weight excluding hydrogens is 180 g/mol. The van der Waals surface area contributed by atoms with E-state index in [0.29, 0.717) is 6.54 Å². The Bertz CT molecular complexity index is 228. The van der Waals surface area contributed by atoms with Crippen LogP contribution in [0.2, 0.25) is 0 Å². The topological polar surface area (TPSA) is 40.5 Å². The van der Waals surface area contributed by atoms with Crippen molar-refractivity contribution in [3.05, 3.63) is 0 Å². The third kappa shape index (κ3) is 1.96. The van der Waals surface area contributed by atoms with Crippen molar-refractivity contribution in [3.63, 3.8) is 0 Å². The summed E-state index contributed by atoms with van der Waals surface area (Å²) in [6, 6.07) is 0. The molecule has 1 N–H and O–H groups in total. The zero-order valence-electron chi connectivity index (χ0n) is 7.68. The molecular formula is C8H13F2NO2. The monoisotopic (exact) mass is 193 g/mol. The van der Waals surface area contributed by atoms with Crippen LogP contribution in [0.5, 0.6) is 0 Å². The molecule has 0 atom stereocenters. The molecule has 0 spiro atoms. The lowest BCUT2D eigenvalue weighted by Crippen LogP contribution is -2.60. The Kier molecular flexibility index (Phi) is 2.32. The summed E-state index contributed by atoms with van der Waals surface area (Å²) in [5.41, 5.74) is -0.279. The summed E-state index contributed by atoms with van der Waals surface area (Å²) in [5, 5.41) is 8.20. The average Bonchev–Trinajstić information content (AvgIpc) is 1.98. The van der Waals surface area contributed by atoms with E-state index in [2.05, 4.69) is 0 Å². The van der Waals surface area contributed by atoms with E-state index in [1.54, 1.807) is 0 Å². The first-order valence-electron chi connectivity index (χ1n) is 4.12. The van der Waals surface area contributed by atoms with Gasteiger partial charge in [-0.2, -0.15) is 8.78 Å². The smallest absolute Gasteiger partial charge is 0.375 e. The van der Waals surface area contributed by atoms with Crippen LogP contribution in [0.25, 0.3) is 0 Å². The molecule has 0 amide bonds. The Balaban J connectivity index is 2.54. The van der Waals surface area contributed by atoms with Gasteiger partial charge in [-0.25, -0.2) is 4.79 Å². The standard InChI is InChI=1S/C8H13F2NO2/c1-7(2)3-4-11(7)5-8(9,10)6(12)13/h3-5H2,1-2H3,(H,12,13). The van der Waals surface area contributed by atoms with Crippen LogP contribution in [0.1, 0.15) is 20.3 Å². The molecule has 0 aliphatic carbocycles. The Morgan fingerprint density at radius 1 is 1.62 bits per heavy atom. The number of rotatable bonds is 3. The number of carboxylic acid groups (broad SMARTS) is 1. The number of likely N-dealkylation sites (tertiary alicyclic amines) is 1. The summed E-state index contributed by atoms with van der Waals surface area (Å²) in [5.74, 6) is -5.67. The summed E-state index contributed by atoms with van der Waals surface area (Å²) in [6.45, 7) is 3.52. The molecule has 1 saturated heterocycles. The molecule has 0 aromatic carbocycles. The molecule has 13 heavy (non-hydrogen) atoms. The lowest BCUT2D eigenvalue weighted by molar-refractivity contribution is -0.173. The van der Waals surface area contributed by atoms with E-state index in [4.69, 9.17) is 5.11 Å². The number of nitrogens with zero attached hydrogens (tertiary/aromatic N) is 1. The van der Waals surface area contributed by atoms with Crippen molar-refractivity contribution in [2.24, 2.45) is 0 Å². The van der Waals surface area contributed by atoms with E-state index >= 15 is 0 Å². The number of halogens is 2. The van der Waals surface area contributed by atoms with Crippen molar-refractivity contribution in [2.75, 3.05) is 13.1 Å². The van der Waals surface area contributed by atoms with Gasteiger partial charge >= 0.3 is 11.9 Å². The summed E-state index contributed by atoms with van der Waals surface area (Å²) >= 11 is 0. The van der Waals surface area contributed by atoms with E-state index in [-0.39, 0.29) is 5.54 Å². The van der Waals surface area contributed by atoms with E-state index < -0.39 is 18.4 Å². The van der Waals surface area contributed by atoms with Gasteiger partial charge in [-0.05, 0) is 20.3 Å². The van der Waals surface area contributed by atoms with Crippen molar-refractivity contribution in [2.45, 2.75) is 31.7 Å². The fraction of sp³-hybridized carbons (Fsp3) is 0.875. The number of carboxylic acids is 1. The lowest BCUT2D eigenvalue weighted by atomic mass is 9.88. The molecule has 0 bridgehead atoms. The van der Waals surface area contributed by atoms with Crippen LogP contribution in [-0.2, 0) is 4.79 Å². The molecule has 1 fully saturated rings. The second kappa shape index (κ2) is 2.90. The Morgan fingerprint density at radius 2 is 2.15 bits per heavy atom. The van der Waals surface area contributed by atoms with Gasteiger partial charge < -0.3 is 5.11 Å². The van der Waals surface area contributed by atoms with Crippen molar-refractivity contribution in [1.29, 1.82) is 0 Å². The summed E-state index contributed by atoms with van der Waals surface area (Å²) in [4.78, 5) is 11.6. The van der Waals surface area contributed by atoms with E-state index in [9.17, 15) is 13.6 Å². The van der Waals surface area contributed by atoms with Crippen LogP contribution < -0.4 is 0 Å². The second-order valence-electron chi connectivity index (χ2n) is 3.99. The van der Waals surface area contributed by atoms with Gasteiger partial charge in [0.25, 0.3) is 0 Å². The highest BCUT2D eigenvalue weighted by Gasteiger charge is 2.47. The Labute approximate surface area is 75.3 Å². The maximum atomic E-state index is 12.7. The summed E-state index contributed by atoms with van der Waals surface area (Å²) in [6.07, 6.45) is 0.836. The number of aliphatic carboxylic acids is 1. The maximum absolute atomic E-state index is 12.7. The third-order valence-corrected chi connectivity index (χ3v) is 2.55. The van der Waals surface area contributed by atoms with Gasteiger partial charge in [0.1, 0.15) is 0 Å². The minimum absolute atomic E-state index is 0.279. The minimum atomic E-state index is -3.63. The van der Waals surface area contributed by atoms with Crippen molar-refractivity contribution in [1.82, 2.24) is 4.90 Å². The number of alkyl halides is 2. The van der Waals surface area contributed by atoms with Gasteiger partial charge in [0.15, 0.2) is 0 Å². The molecule has 5 heteroatoms. The van der Waals surface area contributed by atoms with Crippen LogP contribution in [-0.4, -0.2) is 40.5 Å². The first-order valence-corrected chi connectivity index (χ1v) is 4.12. The fourth-order valence-corrected chi connectivity index (χ4v) is 1.32. The average molecular weight is 193 g/mol. The van der Waals surface area contributed by atoms with E-state index in [1.165, 1.54) is 4.90 Å². The Hall–Kier alpha value is -0.710. The van der Waals surface area contributed by atoms with Crippen LogP contribution in [0.3, 0.4) is 0 Å². The lowest BCUT2D eigenvalue weighted by Gasteiger charge is -2.49. The van der Waals surface area contributed by atoms with Gasteiger partial charge in [-0.15, -0.1) is 0 Å². The van der Waals surface area contributed by atoms with Crippen molar-refractivity contribution in [3.8, 4) is 0 Å². The zero-order chi connectivity index (χ0) is 10.3. The zero-order valence-corrected chi connectivity index (χ0v) is 7.68. The predicted octanol–water partition coefficient (Wildman–Crippen LogP) is 1.19.